The molecule has 2 atom stereocenters. The van der Waals surface area contributed by atoms with Crippen LogP contribution < -0.4 is 21.7 Å². The van der Waals surface area contributed by atoms with Crippen LogP contribution in [0.15, 0.2) is 0 Å². The molecule has 2 unspecified atom stereocenters. The Balaban J connectivity index is 4.49. The highest BCUT2D eigenvalue weighted by Crippen LogP contribution is 2.05. The fourth-order valence-electron chi connectivity index (χ4n) is 1.90. The van der Waals surface area contributed by atoms with Gasteiger partial charge in [0.2, 0.25) is 5.91 Å². The molecule has 6 N–H and O–H groups in total. The molecule has 0 bridgehead atoms. The van der Waals surface area contributed by atoms with Crippen molar-refractivity contribution in [2.75, 3.05) is 12.3 Å². The Morgan fingerprint density at radius 3 is 2.27 bits per heavy atom. The first-order valence-electron chi connectivity index (χ1n) is 7.34. The van der Waals surface area contributed by atoms with E-state index in [4.69, 9.17) is 11.1 Å². The minimum Gasteiger partial charge on any atom is -0.370 e. The average molecular weight is 331 g/mol. The smallest absolute Gasteiger partial charge is 0.238 e. The second-order valence-corrected chi connectivity index (χ2v) is 6.65. The number of carbonyl (C=O) groups is 2. The van der Waals surface area contributed by atoms with Crippen LogP contribution >= 0.6 is 12.6 Å². The molecule has 0 aliphatic rings. The van der Waals surface area contributed by atoms with E-state index in [1.807, 2.05) is 20.8 Å². The number of hydrogen-bond donors (Lipinski definition) is 6. The second kappa shape index (κ2) is 9.68. The van der Waals surface area contributed by atoms with Crippen molar-refractivity contribution in [2.24, 2.45) is 5.73 Å². The van der Waals surface area contributed by atoms with Crippen molar-refractivity contribution in [3.63, 3.8) is 0 Å². The van der Waals surface area contributed by atoms with Gasteiger partial charge in [-0.2, -0.15) is 12.6 Å². The molecule has 8 heteroatoms. The molecule has 22 heavy (non-hydrogen) atoms. The SMILES string of the molecule is CC(=O)C(CCCNC(=N)N)NC(=O)C(CS)NC(C)(C)C. The number of rotatable bonds is 9. The van der Waals surface area contributed by atoms with Gasteiger partial charge >= 0.3 is 0 Å². The van der Waals surface area contributed by atoms with Crippen LogP contribution in [0.5, 0.6) is 0 Å². The number of carbonyl (C=O) groups excluding carboxylic acids is 2. The fraction of sp³-hybridized carbons (Fsp3) is 0.786. The van der Waals surface area contributed by atoms with Crippen LogP contribution in [0, 0.1) is 5.41 Å². The van der Waals surface area contributed by atoms with Gasteiger partial charge in [-0.25, -0.2) is 0 Å². The summed E-state index contributed by atoms with van der Waals surface area (Å²) >= 11 is 4.19. The highest BCUT2D eigenvalue weighted by molar-refractivity contribution is 7.80. The highest BCUT2D eigenvalue weighted by atomic mass is 32.1. The lowest BCUT2D eigenvalue weighted by Crippen LogP contribution is -2.55. The van der Waals surface area contributed by atoms with Crippen molar-refractivity contribution in [2.45, 2.75) is 58.2 Å². The summed E-state index contributed by atoms with van der Waals surface area (Å²) in [5.41, 5.74) is 4.96. The number of Topliss-reactive ketones (excluding diaryl/α,β-unsaturated/α-hetero) is 1. The summed E-state index contributed by atoms with van der Waals surface area (Å²) in [5, 5.41) is 15.7. The van der Waals surface area contributed by atoms with Crippen LogP contribution in [0.1, 0.15) is 40.5 Å². The van der Waals surface area contributed by atoms with Crippen molar-refractivity contribution in [1.82, 2.24) is 16.0 Å². The van der Waals surface area contributed by atoms with Gasteiger partial charge in [0.05, 0.1) is 12.1 Å². The quantitative estimate of drug-likeness (QED) is 0.154. The van der Waals surface area contributed by atoms with Crippen molar-refractivity contribution >= 4 is 30.3 Å². The number of amides is 1. The molecule has 7 nitrogen and oxygen atoms in total. The van der Waals surface area contributed by atoms with Gasteiger partial charge in [0, 0.05) is 17.8 Å². The Labute approximate surface area is 138 Å². The summed E-state index contributed by atoms with van der Waals surface area (Å²) in [6.07, 6.45) is 1.12. The molecule has 0 aromatic heterocycles. The lowest BCUT2D eigenvalue weighted by atomic mass is 10.1. The first kappa shape index (κ1) is 20.7. The Kier molecular flexibility index (Phi) is 9.12. The van der Waals surface area contributed by atoms with Gasteiger partial charge in [0.15, 0.2) is 11.7 Å². The van der Waals surface area contributed by atoms with E-state index < -0.39 is 12.1 Å². The molecule has 0 radical (unpaired) electrons. The largest absolute Gasteiger partial charge is 0.370 e. The fourth-order valence-corrected chi connectivity index (χ4v) is 2.15. The van der Waals surface area contributed by atoms with Gasteiger partial charge in [-0.15, -0.1) is 0 Å². The maximum atomic E-state index is 12.3. The second-order valence-electron chi connectivity index (χ2n) is 6.28. The van der Waals surface area contributed by atoms with E-state index in [-0.39, 0.29) is 23.2 Å². The van der Waals surface area contributed by atoms with E-state index in [0.29, 0.717) is 25.1 Å². The molecule has 0 aromatic rings. The van der Waals surface area contributed by atoms with Gasteiger partial charge in [-0.05, 0) is 40.5 Å². The van der Waals surface area contributed by atoms with E-state index in [1.165, 1.54) is 6.92 Å². The summed E-state index contributed by atoms with van der Waals surface area (Å²) in [4.78, 5) is 23.9. The standard InChI is InChI=1S/C14H29N5O2S/c1-9(20)10(6-5-7-17-13(15)16)18-12(21)11(8-22)19-14(2,3)4/h10-11,19,22H,5-8H2,1-4H3,(H,18,21)(H4,15,16,17). The topological polar surface area (TPSA) is 120 Å². The molecular weight excluding hydrogens is 302 g/mol. The highest BCUT2D eigenvalue weighted by Gasteiger charge is 2.25. The van der Waals surface area contributed by atoms with Crippen LogP contribution in [0.2, 0.25) is 0 Å². The Morgan fingerprint density at radius 1 is 1.27 bits per heavy atom. The van der Waals surface area contributed by atoms with E-state index in [0.717, 1.165) is 0 Å². The Hall–Kier alpha value is -1.28. The molecular formula is C14H29N5O2S. The molecule has 0 aliphatic heterocycles. The summed E-state index contributed by atoms with van der Waals surface area (Å²) in [6, 6.07) is -0.995. The average Bonchev–Trinajstić information content (AvgIpc) is 2.37. The van der Waals surface area contributed by atoms with E-state index in [1.54, 1.807) is 0 Å². The molecule has 128 valence electrons. The lowest BCUT2D eigenvalue weighted by Gasteiger charge is -2.28. The number of guanidine groups is 1. The van der Waals surface area contributed by atoms with E-state index >= 15 is 0 Å². The lowest BCUT2D eigenvalue weighted by molar-refractivity contribution is -0.128. The number of nitrogens with two attached hydrogens (primary N) is 1. The van der Waals surface area contributed by atoms with Gasteiger partial charge in [0.1, 0.15) is 0 Å². The first-order chi connectivity index (χ1) is 10.1. The predicted octanol–water partition coefficient (Wildman–Crippen LogP) is 0.00997. The van der Waals surface area contributed by atoms with Crippen molar-refractivity contribution in [3.05, 3.63) is 0 Å². The van der Waals surface area contributed by atoms with Gasteiger partial charge in [-0.1, -0.05) is 0 Å². The molecule has 0 saturated heterocycles. The normalized spacial score (nSPS) is 14.0. The third-order valence-electron chi connectivity index (χ3n) is 2.90. The van der Waals surface area contributed by atoms with E-state index in [9.17, 15) is 9.59 Å². The van der Waals surface area contributed by atoms with Gasteiger partial charge in [0.25, 0.3) is 0 Å². The minimum absolute atomic E-state index is 0.0927. The van der Waals surface area contributed by atoms with Crippen LogP contribution in [-0.2, 0) is 9.59 Å². The van der Waals surface area contributed by atoms with Gasteiger partial charge < -0.3 is 21.7 Å². The molecule has 0 spiro atoms. The summed E-state index contributed by atoms with van der Waals surface area (Å²) in [7, 11) is 0. The van der Waals surface area contributed by atoms with Crippen LogP contribution in [0.25, 0.3) is 0 Å². The zero-order valence-corrected chi connectivity index (χ0v) is 14.7. The van der Waals surface area contributed by atoms with Crippen LogP contribution in [0.3, 0.4) is 0 Å². The summed E-state index contributed by atoms with van der Waals surface area (Å²) in [6.45, 7) is 7.84. The third-order valence-corrected chi connectivity index (χ3v) is 3.26. The molecule has 1 amide bonds. The Morgan fingerprint density at radius 2 is 1.86 bits per heavy atom. The predicted molar refractivity (Wildman–Crippen MR) is 92.3 cm³/mol. The van der Waals surface area contributed by atoms with E-state index in [2.05, 4.69) is 28.6 Å². The number of thiol groups is 1. The van der Waals surface area contributed by atoms with Crippen LogP contribution in [-0.4, -0.2) is 47.6 Å². The molecule has 0 saturated carbocycles. The molecule has 0 heterocycles. The Bertz CT molecular complexity index is 395. The maximum absolute atomic E-state index is 12.3. The maximum Gasteiger partial charge on any atom is 0.238 e. The molecule has 0 aliphatic carbocycles. The number of ketones is 1. The first-order valence-corrected chi connectivity index (χ1v) is 7.97. The zero-order chi connectivity index (χ0) is 17.3. The molecule has 0 fully saturated rings. The summed E-state index contributed by atoms with van der Waals surface area (Å²) in [5.74, 6) is -0.0815. The molecule has 0 aromatic carbocycles. The monoisotopic (exact) mass is 331 g/mol. The molecule has 0 rings (SSSR count). The van der Waals surface area contributed by atoms with Gasteiger partial charge in [-0.3, -0.25) is 15.0 Å². The van der Waals surface area contributed by atoms with Crippen molar-refractivity contribution < 1.29 is 9.59 Å². The van der Waals surface area contributed by atoms with Crippen LogP contribution in [0.4, 0.5) is 0 Å². The number of nitrogens with one attached hydrogen (secondary N) is 4. The zero-order valence-electron chi connectivity index (χ0n) is 13.8. The number of hydrogen-bond acceptors (Lipinski definition) is 5. The third kappa shape index (κ3) is 9.62. The minimum atomic E-state index is -0.537. The van der Waals surface area contributed by atoms with Crippen molar-refractivity contribution in [3.8, 4) is 0 Å². The van der Waals surface area contributed by atoms with Crippen molar-refractivity contribution in [1.29, 1.82) is 5.41 Å². The summed E-state index contributed by atoms with van der Waals surface area (Å²) < 4.78 is 0.